The average molecular weight is 235 g/mol. The van der Waals surface area contributed by atoms with Crippen molar-refractivity contribution in [1.82, 2.24) is 4.90 Å². The van der Waals surface area contributed by atoms with Gasteiger partial charge in [0.2, 0.25) is 0 Å². The highest BCUT2D eigenvalue weighted by Gasteiger charge is 2.28. The number of piperidine rings is 1. The summed E-state index contributed by atoms with van der Waals surface area (Å²) in [5, 5.41) is 19.2. The maximum Gasteiger partial charge on any atom is 0.407 e. The third-order valence-corrected chi connectivity index (χ3v) is 3.32. The lowest BCUT2D eigenvalue weighted by Gasteiger charge is -2.33. The molecule has 4 nitrogen and oxygen atoms in total. The molecule has 4 heteroatoms. The Morgan fingerprint density at radius 2 is 2.06 bits per heavy atom. The fourth-order valence-electron chi connectivity index (χ4n) is 2.36. The van der Waals surface area contributed by atoms with Crippen molar-refractivity contribution in [3.8, 4) is 0 Å². The number of carboxylic acid groups (broad SMARTS) is 1. The minimum absolute atomic E-state index is 0.00208. The lowest BCUT2D eigenvalue weighted by molar-refractivity contribution is 0.0503. The minimum atomic E-state index is -0.894. The monoisotopic (exact) mass is 235 g/mol. The molecule has 17 heavy (non-hydrogen) atoms. The number of benzene rings is 1. The van der Waals surface area contributed by atoms with Crippen molar-refractivity contribution >= 4 is 6.09 Å². The van der Waals surface area contributed by atoms with Crippen molar-refractivity contribution in [3.63, 3.8) is 0 Å². The molecule has 0 bridgehead atoms. The van der Waals surface area contributed by atoms with Crippen molar-refractivity contribution in [2.45, 2.75) is 18.9 Å². The Balaban J connectivity index is 2.05. The van der Waals surface area contributed by atoms with Crippen LogP contribution in [0.5, 0.6) is 0 Å². The van der Waals surface area contributed by atoms with Crippen molar-refractivity contribution in [2.24, 2.45) is 5.92 Å². The van der Waals surface area contributed by atoms with Crippen molar-refractivity contribution in [2.75, 3.05) is 13.1 Å². The lowest BCUT2D eigenvalue weighted by Crippen LogP contribution is -2.40. The second kappa shape index (κ2) is 5.19. The Kier molecular flexibility index (Phi) is 3.64. The first-order valence-electron chi connectivity index (χ1n) is 5.89. The van der Waals surface area contributed by atoms with Crippen molar-refractivity contribution in [3.05, 3.63) is 35.9 Å². The Hall–Kier alpha value is -1.55. The number of aliphatic hydroxyl groups is 1. The van der Waals surface area contributed by atoms with Gasteiger partial charge in [0.15, 0.2) is 0 Å². The van der Waals surface area contributed by atoms with E-state index in [-0.39, 0.29) is 5.92 Å². The first-order chi connectivity index (χ1) is 8.18. The number of likely N-dealkylation sites (tertiary alicyclic amines) is 1. The van der Waals surface area contributed by atoms with E-state index in [9.17, 15) is 9.90 Å². The van der Waals surface area contributed by atoms with Gasteiger partial charge in [0.25, 0.3) is 0 Å². The van der Waals surface area contributed by atoms with Gasteiger partial charge in [-0.25, -0.2) is 4.79 Å². The highest BCUT2D eigenvalue weighted by atomic mass is 16.4. The van der Waals surface area contributed by atoms with Crippen LogP contribution in [0, 0.1) is 5.92 Å². The Bertz CT molecular complexity index is 380. The van der Waals surface area contributed by atoms with Crippen LogP contribution in [-0.4, -0.2) is 34.3 Å². The van der Waals surface area contributed by atoms with E-state index in [1.807, 2.05) is 30.3 Å². The summed E-state index contributed by atoms with van der Waals surface area (Å²) in [7, 11) is 0. The smallest absolute Gasteiger partial charge is 0.407 e. The largest absolute Gasteiger partial charge is 0.465 e. The van der Waals surface area contributed by atoms with Crippen LogP contribution in [0.25, 0.3) is 0 Å². The zero-order valence-corrected chi connectivity index (χ0v) is 9.62. The lowest BCUT2D eigenvalue weighted by atomic mass is 9.89. The summed E-state index contributed by atoms with van der Waals surface area (Å²) in [6.07, 6.45) is 0.231. The summed E-state index contributed by atoms with van der Waals surface area (Å²) in [4.78, 5) is 12.3. The van der Waals surface area contributed by atoms with Crippen LogP contribution in [0.3, 0.4) is 0 Å². The molecule has 1 aromatic rings. The predicted octanol–water partition coefficient (Wildman–Crippen LogP) is 2.11. The summed E-state index contributed by atoms with van der Waals surface area (Å²) in [5.74, 6) is 0.00208. The molecule has 1 aliphatic rings. The van der Waals surface area contributed by atoms with E-state index in [1.165, 1.54) is 4.90 Å². The molecule has 1 aliphatic heterocycles. The van der Waals surface area contributed by atoms with E-state index < -0.39 is 12.2 Å². The number of hydrogen-bond acceptors (Lipinski definition) is 2. The molecule has 0 spiro atoms. The summed E-state index contributed by atoms with van der Waals surface area (Å²) in [6, 6.07) is 9.43. The standard InChI is InChI=1S/C13H17NO3/c15-12(10-5-2-1-3-6-10)11-7-4-8-14(9-11)13(16)17/h1-3,5-6,11-12,15H,4,7-9H2,(H,16,17). The summed E-state index contributed by atoms with van der Waals surface area (Å²) >= 11 is 0. The number of rotatable bonds is 2. The predicted molar refractivity (Wildman–Crippen MR) is 63.7 cm³/mol. The molecule has 2 rings (SSSR count). The molecule has 0 saturated carbocycles. The molecular weight excluding hydrogens is 218 g/mol. The van der Waals surface area contributed by atoms with Crippen molar-refractivity contribution < 1.29 is 15.0 Å². The maximum atomic E-state index is 10.9. The Morgan fingerprint density at radius 1 is 1.35 bits per heavy atom. The normalized spacial score (nSPS) is 22.2. The maximum absolute atomic E-state index is 10.9. The van der Waals surface area contributed by atoms with Crippen molar-refractivity contribution in [1.29, 1.82) is 0 Å². The molecule has 1 amide bonds. The Morgan fingerprint density at radius 3 is 2.71 bits per heavy atom. The summed E-state index contributed by atoms with van der Waals surface area (Å²) < 4.78 is 0. The molecule has 2 N–H and O–H groups in total. The van der Waals surface area contributed by atoms with E-state index >= 15 is 0 Å². The first kappa shape index (κ1) is 11.9. The molecule has 1 heterocycles. The topological polar surface area (TPSA) is 60.8 Å². The van der Waals surface area contributed by atoms with Crippen LogP contribution in [0.15, 0.2) is 30.3 Å². The molecule has 92 valence electrons. The fourth-order valence-corrected chi connectivity index (χ4v) is 2.36. The highest BCUT2D eigenvalue weighted by Crippen LogP contribution is 2.29. The molecule has 0 aliphatic carbocycles. The first-order valence-corrected chi connectivity index (χ1v) is 5.89. The van der Waals surface area contributed by atoms with Gasteiger partial charge in [0.1, 0.15) is 0 Å². The number of nitrogens with zero attached hydrogens (tertiary/aromatic N) is 1. The van der Waals surface area contributed by atoms with E-state index in [1.54, 1.807) is 0 Å². The van der Waals surface area contributed by atoms with Gasteiger partial charge in [0.05, 0.1) is 6.10 Å². The zero-order valence-electron chi connectivity index (χ0n) is 9.62. The van der Waals surface area contributed by atoms with Gasteiger partial charge in [-0.15, -0.1) is 0 Å². The molecule has 0 aromatic heterocycles. The second-order valence-electron chi connectivity index (χ2n) is 4.49. The molecule has 1 aromatic carbocycles. The molecule has 0 radical (unpaired) electrons. The average Bonchev–Trinajstić information content (AvgIpc) is 2.39. The van der Waals surface area contributed by atoms with E-state index in [2.05, 4.69) is 0 Å². The van der Waals surface area contributed by atoms with Crippen LogP contribution >= 0.6 is 0 Å². The minimum Gasteiger partial charge on any atom is -0.465 e. The molecular formula is C13H17NO3. The van der Waals surface area contributed by atoms with Gasteiger partial charge < -0.3 is 15.1 Å². The summed E-state index contributed by atoms with van der Waals surface area (Å²) in [5.41, 5.74) is 0.865. The molecule has 1 saturated heterocycles. The van der Waals surface area contributed by atoms with Crippen LogP contribution < -0.4 is 0 Å². The van der Waals surface area contributed by atoms with Gasteiger partial charge in [-0.05, 0) is 18.4 Å². The number of carbonyl (C=O) groups is 1. The van der Waals surface area contributed by atoms with E-state index in [0.717, 1.165) is 18.4 Å². The van der Waals surface area contributed by atoms with E-state index in [0.29, 0.717) is 13.1 Å². The fraction of sp³-hybridized carbons (Fsp3) is 0.462. The van der Waals surface area contributed by atoms with Gasteiger partial charge >= 0.3 is 6.09 Å². The number of hydrogen-bond donors (Lipinski definition) is 2. The zero-order chi connectivity index (χ0) is 12.3. The van der Waals surface area contributed by atoms with Crippen LogP contribution in [0.1, 0.15) is 24.5 Å². The Labute approximate surface area is 100 Å². The summed E-state index contributed by atoms with van der Waals surface area (Å²) in [6.45, 7) is 0.999. The van der Waals surface area contributed by atoms with Gasteiger partial charge in [0, 0.05) is 19.0 Å². The third-order valence-electron chi connectivity index (χ3n) is 3.32. The van der Waals surface area contributed by atoms with Gasteiger partial charge in [-0.2, -0.15) is 0 Å². The second-order valence-corrected chi connectivity index (χ2v) is 4.49. The quantitative estimate of drug-likeness (QED) is 0.825. The van der Waals surface area contributed by atoms with Crippen LogP contribution in [0.4, 0.5) is 4.79 Å². The van der Waals surface area contributed by atoms with Gasteiger partial charge in [-0.1, -0.05) is 30.3 Å². The number of amides is 1. The highest BCUT2D eigenvalue weighted by molar-refractivity contribution is 5.65. The molecule has 2 atom stereocenters. The third kappa shape index (κ3) is 2.77. The van der Waals surface area contributed by atoms with Crippen LogP contribution in [0.2, 0.25) is 0 Å². The van der Waals surface area contributed by atoms with E-state index in [4.69, 9.17) is 5.11 Å². The molecule has 1 fully saturated rings. The van der Waals surface area contributed by atoms with Crippen LogP contribution in [-0.2, 0) is 0 Å². The number of aliphatic hydroxyl groups excluding tert-OH is 1. The SMILES string of the molecule is O=C(O)N1CCCC(C(O)c2ccccc2)C1. The molecule has 2 unspecified atom stereocenters. The van der Waals surface area contributed by atoms with Gasteiger partial charge in [-0.3, -0.25) is 0 Å².